The molecule has 0 fully saturated rings. The van der Waals surface area contributed by atoms with Crippen LogP contribution in [0.4, 0.5) is 0 Å². The number of hydrogen-bond donors (Lipinski definition) is 1. The summed E-state index contributed by atoms with van der Waals surface area (Å²) in [6.45, 7) is 1.36. The van der Waals surface area contributed by atoms with Crippen LogP contribution in [-0.4, -0.2) is 21.4 Å². The molecule has 2 rings (SSSR count). The van der Waals surface area contributed by atoms with Gasteiger partial charge in [-0.2, -0.15) is 0 Å². The highest BCUT2D eigenvalue weighted by molar-refractivity contribution is 6.33. The lowest BCUT2D eigenvalue weighted by Gasteiger charge is -2.11. The largest absolute Gasteiger partial charge is 0.477 e. The Labute approximate surface area is 125 Å². The number of rotatable bonds is 4. The van der Waals surface area contributed by atoms with Crippen molar-refractivity contribution in [2.45, 2.75) is 13.5 Å². The number of carbonyl (C=O) groups excluding carboxylic acids is 1. The average molecular weight is 306 g/mol. The van der Waals surface area contributed by atoms with Crippen molar-refractivity contribution in [2.75, 3.05) is 0 Å². The summed E-state index contributed by atoms with van der Waals surface area (Å²) >= 11 is 5.78. The highest BCUT2D eigenvalue weighted by Gasteiger charge is 2.19. The van der Waals surface area contributed by atoms with Crippen molar-refractivity contribution in [3.8, 4) is 0 Å². The predicted octanol–water partition coefficient (Wildman–Crippen LogP) is 2.39. The van der Waals surface area contributed by atoms with Gasteiger partial charge in [-0.05, 0) is 13.0 Å². The van der Waals surface area contributed by atoms with Crippen molar-refractivity contribution in [2.24, 2.45) is 0 Å². The average Bonchev–Trinajstić information content (AvgIpc) is 2.43. The Balaban J connectivity index is 2.46. The zero-order chi connectivity index (χ0) is 15.6. The fraction of sp³-hybridized carbons (Fsp3) is 0.133. The third-order valence-electron chi connectivity index (χ3n) is 3.07. The Morgan fingerprint density at radius 2 is 1.86 bits per heavy atom. The molecule has 0 spiro atoms. The molecule has 0 atom stereocenters. The van der Waals surface area contributed by atoms with E-state index in [0.29, 0.717) is 11.3 Å². The number of aromatic nitrogens is 1. The summed E-state index contributed by atoms with van der Waals surface area (Å²) in [5, 5.41) is 8.90. The second kappa shape index (κ2) is 5.93. The number of benzene rings is 1. The second-order valence-corrected chi connectivity index (χ2v) is 4.90. The summed E-state index contributed by atoms with van der Waals surface area (Å²) in [4.78, 5) is 35.4. The minimum absolute atomic E-state index is 0.131. The van der Waals surface area contributed by atoms with Gasteiger partial charge in [-0.3, -0.25) is 9.59 Å². The lowest BCUT2D eigenvalue weighted by atomic mass is 10.1. The van der Waals surface area contributed by atoms with Crippen molar-refractivity contribution in [3.63, 3.8) is 0 Å². The van der Waals surface area contributed by atoms with Gasteiger partial charge in [-0.25, -0.2) is 4.79 Å². The van der Waals surface area contributed by atoms with Crippen molar-refractivity contribution < 1.29 is 14.7 Å². The van der Waals surface area contributed by atoms with Crippen LogP contribution in [-0.2, 0) is 6.54 Å². The third kappa shape index (κ3) is 3.03. The Hall–Kier alpha value is -2.40. The van der Waals surface area contributed by atoms with Crippen LogP contribution in [0.1, 0.15) is 26.4 Å². The Morgan fingerprint density at radius 1 is 1.24 bits per heavy atom. The quantitative estimate of drug-likeness (QED) is 0.880. The minimum Gasteiger partial charge on any atom is -0.477 e. The summed E-state index contributed by atoms with van der Waals surface area (Å²) in [6.07, 6.45) is 0. The first kappa shape index (κ1) is 15.0. The van der Waals surface area contributed by atoms with Gasteiger partial charge in [0.15, 0.2) is 5.78 Å². The first-order chi connectivity index (χ1) is 9.91. The van der Waals surface area contributed by atoms with Crippen molar-refractivity contribution in [3.05, 3.63) is 68.6 Å². The molecule has 0 radical (unpaired) electrons. The molecule has 2 aromatic rings. The molecule has 0 aliphatic carbocycles. The maximum atomic E-state index is 12.2. The molecule has 1 aromatic carbocycles. The first-order valence-corrected chi connectivity index (χ1v) is 6.51. The van der Waals surface area contributed by atoms with Gasteiger partial charge in [-0.1, -0.05) is 41.9 Å². The molecule has 0 saturated carbocycles. The third-order valence-corrected chi connectivity index (χ3v) is 3.37. The number of carbonyl (C=O) groups is 2. The molecular weight excluding hydrogens is 294 g/mol. The van der Waals surface area contributed by atoms with E-state index in [2.05, 4.69) is 0 Å². The normalized spacial score (nSPS) is 10.4. The Bertz CT molecular complexity index is 765. The second-order valence-electron chi connectivity index (χ2n) is 4.49. The molecule has 21 heavy (non-hydrogen) atoms. The molecule has 1 aromatic heterocycles. The zero-order valence-electron chi connectivity index (χ0n) is 11.2. The molecule has 0 amide bonds. The number of carboxylic acid groups (broad SMARTS) is 1. The molecule has 0 unspecified atom stereocenters. The first-order valence-electron chi connectivity index (χ1n) is 6.13. The van der Waals surface area contributed by atoms with Gasteiger partial charge >= 0.3 is 5.97 Å². The van der Waals surface area contributed by atoms with E-state index in [1.54, 1.807) is 37.3 Å². The summed E-state index contributed by atoms with van der Waals surface area (Å²) in [7, 11) is 0. The van der Waals surface area contributed by atoms with E-state index in [9.17, 15) is 14.4 Å². The highest BCUT2D eigenvalue weighted by atomic mass is 35.5. The molecule has 0 aliphatic rings. The van der Waals surface area contributed by atoms with E-state index in [4.69, 9.17) is 16.7 Å². The topological polar surface area (TPSA) is 76.4 Å². The van der Waals surface area contributed by atoms with E-state index < -0.39 is 17.1 Å². The summed E-state index contributed by atoms with van der Waals surface area (Å²) in [5.74, 6) is -1.69. The summed E-state index contributed by atoms with van der Waals surface area (Å²) in [6, 6.07) is 9.85. The van der Waals surface area contributed by atoms with Gasteiger partial charge in [-0.15, -0.1) is 0 Å². The number of nitrogens with zero attached hydrogens (tertiary/aromatic N) is 1. The summed E-state index contributed by atoms with van der Waals surface area (Å²) < 4.78 is 1.12. The van der Waals surface area contributed by atoms with Crippen LogP contribution in [0, 0.1) is 6.92 Å². The molecule has 0 aliphatic heterocycles. The number of hydrogen-bond acceptors (Lipinski definition) is 3. The minimum atomic E-state index is -1.41. The summed E-state index contributed by atoms with van der Waals surface area (Å²) in [5.41, 5.74) is -0.421. The maximum absolute atomic E-state index is 12.2. The van der Waals surface area contributed by atoms with Crippen LogP contribution in [0.3, 0.4) is 0 Å². The lowest BCUT2D eigenvalue weighted by molar-refractivity contribution is 0.0693. The van der Waals surface area contributed by atoms with Gasteiger partial charge in [0, 0.05) is 11.3 Å². The number of halogens is 1. The van der Waals surface area contributed by atoms with E-state index in [0.717, 1.165) is 4.57 Å². The Morgan fingerprint density at radius 3 is 2.43 bits per heavy atom. The smallest absolute Gasteiger partial charge is 0.342 e. The molecule has 6 heteroatoms. The van der Waals surface area contributed by atoms with E-state index >= 15 is 0 Å². The van der Waals surface area contributed by atoms with Gasteiger partial charge in [0.1, 0.15) is 5.56 Å². The van der Waals surface area contributed by atoms with Crippen molar-refractivity contribution >= 4 is 23.4 Å². The van der Waals surface area contributed by atoms with Crippen molar-refractivity contribution in [1.29, 1.82) is 0 Å². The predicted molar refractivity (Wildman–Crippen MR) is 78.2 cm³/mol. The lowest BCUT2D eigenvalue weighted by Crippen LogP contribution is -2.31. The number of aryl methyl sites for hydroxylation is 1. The fourth-order valence-electron chi connectivity index (χ4n) is 1.98. The SMILES string of the molecule is Cc1cc(Cl)c(C(=O)O)c(=O)n1CC(=O)c1ccccc1. The molecule has 108 valence electrons. The number of Topliss-reactive ketones (excluding diaryl/α,β-unsaturated/α-hetero) is 1. The van der Waals surface area contributed by atoms with Crippen LogP contribution < -0.4 is 5.56 Å². The molecule has 0 saturated heterocycles. The van der Waals surface area contributed by atoms with E-state index in [1.807, 2.05) is 0 Å². The number of aromatic carboxylic acids is 1. The van der Waals surface area contributed by atoms with Gasteiger partial charge < -0.3 is 9.67 Å². The van der Waals surface area contributed by atoms with Gasteiger partial charge in [0.25, 0.3) is 5.56 Å². The molecule has 1 N–H and O–H groups in total. The standard InChI is InChI=1S/C15H12ClNO4/c1-9-7-11(16)13(15(20)21)14(19)17(9)8-12(18)10-5-3-2-4-6-10/h2-7H,8H2,1H3,(H,20,21). The molecule has 1 heterocycles. The molecule has 5 nitrogen and oxygen atoms in total. The highest BCUT2D eigenvalue weighted by Crippen LogP contribution is 2.14. The van der Waals surface area contributed by atoms with Crippen LogP contribution in [0.2, 0.25) is 5.02 Å². The van der Waals surface area contributed by atoms with Crippen LogP contribution in [0.5, 0.6) is 0 Å². The Kier molecular flexibility index (Phi) is 4.23. The van der Waals surface area contributed by atoms with Crippen LogP contribution in [0.15, 0.2) is 41.2 Å². The molecular formula is C15H12ClNO4. The number of carboxylic acids is 1. The van der Waals surface area contributed by atoms with Crippen LogP contribution >= 0.6 is 11.6 Å². The maximum Gasteiger partial charge on any atom is 0.342 e. The fourth-order valence-corrected chi connectivity index (χ4v) is 2.30. The van der Waals surface area contributed by atoms with Crippen molar-refractivity contribution in [1.82, 2.24) is 4.57 Å². The zero-order valence-corrected chi connectivity index (χ0v) is 11.9. The number of pyridine rings is 1. The van der Waals surface area contributed by atoms with Gasteiger partial charge in [0.2, 0.25) is 0 Å². The van der Waals surface area contributed by atoms with Gasteiger partial charge in [0.05, 0.1) is 11.6 Å². The number of ketones is 1. The van der Waals surface area contributed by atoms with Crippen LogP contribution in [0.25, 0.3) is 0 Å². The van der Waals surface area contributed by atoms with E-state index in [-0.39, 0.29) is 17.4 Å². The molecule has 0 bridgehead atoms. The van der Waals surface area contributed by atoms with E-state index in [1.165, 1.54) is 6.07 Å². The monoisotopic (exact) mass is 305 g/mol.